The third kappa shape index (κ3) is 9.73. The minimum Gasteiger partial charge on any atom is -0.492 e. The number of aryl methyl sites for hydroxylation is 1. The first kappa shape index (κ1) is 48.6. The number of fused-ring (bicyclic) bond motifs is 2. The van der Waals surface area contributed by atoms with Gasteiger partial charge in [-0.3, -0.25) is 34.2 Å². The molecular weight excluding hydrogens is 941 g/mol. The van der Waals surface area contributed by atoms with Crippen LogP contribution in [0.3, 0.4) is 0 Å². The molecule has 1 aliphatic carbocycles. The molecule has 7 heterocycles. The number of nitrogens with one attached hydrogen (secondary N) is 3. The van der Waals surface area contributed by atoms with Gasteiger partial charge < -0.3 is 30.0 Å². The number of aldehydes is 1. The topological polar surface area (TPSA) is 215 Å². The van der Waals surface area contributed by atoms with E-state index < -0.39 is 34.7 Å². The maximum absolute atomic E-state index is 15.0. The van der Waals surface area contributed by atoms with Crippen LogP contribution in [0.4, 0.5) is 30.9 Å². The number of nitrogens with zero attached hydrogens (tertiary/aromatic N) is 10. The molecule has 0 spiro atoms. The minimum atomic E-state index is -0.882. The van der Waals surface area contributed by atoms with Gasteiger partial charge in [-0.25, -0.2) is 23.1 Å². The van der Waals surface area contributed by atoms with Crippen LogP contribution in [0.25, 0.3) is 27.5 Å². The van der Waals surface area contributed by atoms with E-state index in [0.29, 0.717) is 125 Å². The van der Waals surface area contributed by atoms with Crippen molar-refractivity contribution in [2.24, 2.45) is 13.0 Å². The van der Waals surface area contributed by atoms with Gasteiger partial charge in [-0.15, -0.1) is 0 Å². The fourth-order valence-corrected chi connectivity index (χ4v) is 10.9. The highest BCUT2D eigenvalue weighted by atomic mass is 19.1. The molecule has 3 saturated heterocycles. The van der Waals surface area contributed by atoms with E-state index >= 15 is 0 Å². The molecule has 3 N–H and O–H groups in total. The molecule has 0 unspecified atom stereocenters. The molecule has 4 fully saturated rings. The first-order chi connectivity index (χ1) is 35.3. The Morgan fingerprint density at radius 2 is 1.74 bits per heavy atom. The Bertz CT molecular complexity index is 3160. The second kappa shape index (κ2) is 19.9. The number of pyridine rings is 2. The number of halogens is 2. The predicted molar refractivity (Wildman–Crippen MR) is 266 cm³/mol. The fourth-order valence-electron chi connectivity index (χ4n) is 10.9. The molecule has 3 aliphatic heterocycles. The molecule has 0 radical (unpaired) electrons. The van der Waals surface area contributed by atoms with Crippen molar-refractivity contribution in [3.05, 3.63) is 95.9 Å². The van der Waals surface area contributed by atoms with E-state index in [9.17, 15) is 38.0 Å². The van der Waals surface area contributed by atoms with Crippen molar-refractivity contribution in [3.63, 3.8) is 0 Å². The number of carbonyl (C=O) groups excluding carboxylic acids is 5. The van der Waals surface area contributed by atoms with Crippen molar-refractivity contribution in [2.45, 2.75) is 62.9 Å². The number of imide groups is 1. The quantitative estimate of drug-likeness (QED) is 0.123. The normalized spacial score (nSPS) is 20.4. The van der Waals surface area contributed by atoms with Crippen LogP contribution in [0.1, 0.15) is 67.8 Å². The Morgan fingerprint density at radius 1 is 0.959 bits per heavy atom. The molecule has 0 atom stereocenters. The summed E-state index contributed by atoms with van der Waals surface area (Å²) in [6.45, 7) is 6.01. The Kier molecular flexibility index (Phi) is 13.3. The Morgan fingerprint density at radius 3 is 2.44 bits per heavy atom. The molecule has 6 aromatic rings. The lowest BCUT2D eigenvalue weighted by molar-refractivity contribution is -0.139. The van der Waals surface area contributed by atoms with Gasteiger partial charge in [-0.1, -0.05) is 0 Å². The van der Waals surface area contributed by atoms with Gasteiger partial charge in [0.2, 0.25) is 11.8 Å². The molecule has 5 amide bonds. The van der Waals surface area contributed by atoms with Gasteiger partial charge in [-0.05, 0) is 100 Å². The van der Waals surface area contributed by atoms with E-state index in [-0.39, 0.29) is 36.3 Å². The number of rotatable bonds is 13. The SMILES string of the molecule is CCOc1cc(-c2ccc(N3CCC(CN4CCN(C(=O)C5CCC(C=O)(Nc6ccc7c(N8CCC(=O)NC8=O)nn(C)c7c6)CC5)CC4)(NC(=O)c4cc(F)ccc4F)CC3)nc2)c2c(C#N)cnn2c1. The number of aromatic nitrogens is 5. The summed E-state index contributed by atoms with van der Waals surface area (Å²) in [6, 6.07) is 15.8. The number of anilines is 3. The number of carbonyl (C=O) groups is 5. The van der Waals surface area contributed by atoms with Crippen LogP contribution in [-0.4, -0.2) is 134 Å². The summed E-state index contributed by atoms with van der Waals surface area (Å²) in [7, 11) is 1.77. The van der Waals surface area contributed by atoms with Crippen LogP contribution >= 0.6 is 0 Å². The minimum absolute atomic E-state index is 0.0463. The predicted octanol–water partition coefficient (Wildman–Crippen LogP) is 5.43. The lowest BCUT2D eigenvalue weighted by Gasteiger charge is -2.47. The van der Waals surface area contributed by atoms with E-state index in [1.165, 1.54) is 11.1 Å². The summed E-state index contributed by atoms with van der Waals surface area (Å²) >= 11 is 0. The molecule has 4 aromatic heterocycles. The number of hydrogen-bond donors (Lipinski definition) is 3. The molecule has 0 bridgehead atoms. The summed E-state index contributed by atoms with van der Waals surface area (Å²) in [6.07, 6.45) is 9.01. The monoisotopic (exact) mass is 995 g/mol. The van der Waals surface area contributed by atoms with Gasteiger partial charge in [0.25, 0.3) is 5.91 Å². The van der Waals surface area contributed by atoms with Crippen LogP contribution < -0.4 is 30.5 Å². The van der Waals surface area contributed by atoms with Crippen LogP contribution in [0.2, 0.25) is 0 Å². The molecule has 21 heteroatoms. The van der Waals surface area contributed by atoms with E-state index in [4.69, 9.17) is 9.72 Å². The highest BCUT2D eigenvalue weighted by Gasteiger charge is 2.42. The Labute approximate surface area is 419 Å². The molecule has 378 valence electrons. The zero-order valence-corrected chi connectivity index (χ0v) is 40.6. The number of urea groups is 1. The summed E-state index contributed by atoms with van der Waals surface area (Å²) in [5.74, 6) is -1.02. The highest BCUT2D eigenvalue weighted by molar-refractivity contribution is 6.09. The van der Waals surface area contributed by atoms with Crippen molar-refractivity contribution in [1.29, 1.82) is 5.26 Å². The van der Waals surface area contributed by atoms with Crippen LogP contribution in [-0.2, 0) is 21.4 Å². The number of piperazine rings is 1. The van der Waals surface area contributed by atoms with Gasteiger partial charge in [-0.2, -0.15) is 15.5 Å². The number of nitriles is 1. The van der Waals surface area contributed by atoms with Gasteiger partial charge >= 0.3 is 6.03 Å². The van der Waals surface area contributed by atoms with E-state index in [1.54, 1.807) is 28.6 Å². The summed E-state index contributed by atoms with van der Waals surface area (Å²) in [5.41, 5.74) is 1.96. The van der Waals surface area contributed by atoms with Gasteiger partial charge in [0.1, 0.15) is 35.6 Å². The smallest absolute Gasteiger partial charge is 0.329 e. The highest BCUT2D eigenvalue weighted by Crippen LogP contribution is 2.38. The third-order valence-electron chi connectivity index (χ3n) is 14.9. The number of piperidine rings is 1. The number of benzene rings is 2. The maximum atomic E-state index is 15.0. The number of ether oxygens (including phenoxy) is 1. The summed E-state index contributed by atoms with van der Waals surface area (Å²) in [4.78, 5) is 77.4. The van der Waals surface area contributed by atoms with Crippen molar-refractivity contribution < 1.29 is 37.5 Å². The molecule has 73 heavy (non-hydrogen) atoms. The number of amides is 5. The van der Waals surface area contributed by atoms with E-state index in [2.05, 4.69) is 42.0 Å². The average molecular weight is 996 g/mol. The largest absolute Gasteiger partial charge is 0.492 e. The average Bonchev–Trinajstić information content (AvgIpc) is 3.97. The van der Waals surface area contributed by atoms with E-state index in [0.717, 1.165) is 46.5 Å². The first-order valence-electron chi connectivity index (χ1n) is 24.6. The van der Waals surface area contributed by atoms with Crippen molar-refractivity contribution in [2.75, 3.05) is 74.1 Å². The lowest BCUT2D eigenvalue weighted by atomic mass is 9.76. The zero-order valence-electron chi connectivity index (χ0n) is 40.6. The van der Waals surface area contributed by atoms with Crippen molar-refractivity contribution in [3.8, 4) is 22.9 Å². The Hall–Kier alpha value is -7.99. The molecule has 1 saturated carbocycles. The number of hydrogen-bond acceptors (Lipinski definition) is 13. The van der Waals surface area contributed by atoms with Crippen LogP contribution in [0, 0.1) is 28.9 Å². The summed E-state index contributed by atoms with van der Waals surface area (Å²) < 4.78 is 38.4. The van der Waals surface area contributed by atoms with Crippen molar-refractivity contribution in [1.82, 2.24) is 44.8 Å². The lowest BCUT2D eigenvalue weighted by Crippen LogP contribution is -2.63. The fraction of sp³-hybridized carbons (Fsp3) is 0.404. The maximum Gasteiger partial charge on any atom is 0.329 e. The van der Waals surface area contributed by atoms with Gasteiger partial charge in [0, 0.05) is 100 Å². The first-order valence-corrected chi connectivity index (χ1v) is 24.6. The zero-order chi connectivity index (χ0) is 51.0. The standard InChI is InChI=1S/C52H55F2N13O6/c1-3-73-38-26-40(46-35(27-55)29-57-67(46)30-38)34-4-9-44(56-28-34)64-18-15-51(16-19-64,60-48(70)41-24-36(53)5-8-42(41)54)31-63-20-22-65(23-21-63)49(71)33-10-13-52(32-68,14-11-33)59-37-6-7-39-43(25-37)62(2)61-47(39)66-17-12-45(69)58-50(66)72/h4-9,24-26,28-30,32-33,59H,3,10-23,31H2,1-2H3,(H,60,70)(H,58,69,72). The van der Waals surface area contributed by atoms with Crippen LogP contribution in [0.5, 0.6) is 5.75 Å². The molecule has 4 aliphatic rings. The van der Waals surface area contributed by atoms with Gasteiger partial charge in [0.15, 0.2) is 5.82 Å². The Balaban J connectivity index is 0.774. The second-order valence-corrected chi connectivity index (χ2v) is 19.4. The third-order valence-corrected chi connectivity index (χ3v) is 14.9. The molecule has 2 aromatic carbocycles. The van der Waals surface area contributed by atoms with Gasteiger partial charge in [0.05, 0.1) is 52.2 Å². The van der Waals surface area contributed by atoms with Crippen LogP contribution in [0.15, 0.2) is 73.2 Å². The molecule has 10 rings (SSSR count). The molecule has 19 nitrogen and oxygen atoms in total. The summed E-state index contributed by atoms with van der Waals surface area (Å²) in [5, 5.41) is 28.4. The molecular formula is C52H55F2N13O6. The van der Waals surface area contributed by atoms with Crippen molar-refractivity contribution >= 4 is 63.8 Å². The second-order valence-electron chi connectivity index (χ2n) is 19.4. The van der Waals surface area contributed by atoms with E-state index in [1.807, 2.05) is 48.2 Å².